The average Bonchev–Trinajstić information content (AvgIpc) is 3.00. The van der Waals surface area contributed by atoms with E-state index in [1.54, 1.807) is 54.6 Å². The summed E-state index contributed by atoms with van der Waals surface area (Å²) in [7, 11) is 1.48. The topological polar surface area (TPSA) is 104 Å². The van der Waals surface area contributed by atoms with Crippen molar-refractivity contribution in [2.45, 2.75) is 16.6 Å². The van der Waals surface area contributed by atoms with Crippen molar-refractivity contribution in [2.24, 2.45) is 0 Å². The van der Waals surface area contributed by atoms with Gasteiger partial charge in [0.2, 0.25) is 11.8 Å². The summed E-state index contributed by atoms with van der Waals surface area (Å²) in [4.78, 5) is 50.2. The number of nitrogens with zero attached hydrogens (tertiary/aromatic N) is 1. The van der Waals surface area contributed by atoms with Crippen molar-refractivity contribution in [3.05, 3.63) is 71.8 Å². The van der Waals surface area contributed by atoms with E-state index in [1.807, 2.05) is 0 Å². The van der Waals surface area contributed by atoms with Gasteiger partial charge in [0.15, 0.2) is 0 Å². The van der Waals surface area contributed by atoms with E-state index in [0.29, 0.717) is 16.5 Å². The Morgan fingerprint density at radius 1 is 1.00 bits per heavy atom. The minimum absolute atomic E-state index is 0.0655. The van der Waals surface area contributed by atoms with Crippen LogP contribution in [0.2, 0.25) is 0 Å². The Bertz CT molecular complexity index is 1220. The highest BCUT2D eigenvalue weighted by Gasteiger charge is 2.36. The molecule has 1 unspecified atom stereocenters. The Kier molecular flexibility index (Phi) is 5.48. The van der Waals surface area contributed by atoms with Gasteiger partial charge >= 0.3 is 5.97 Å². The van der Waals surface area contributed by atoms with Crippen molar-refractivity contribution in [3.63, 3.8) is 0 Å². The van der Waals surface area contributed by atoms with E-state index in [1.165, 1.54) is 24.9 Å². The SMILES string of the molecule is CN1C(=O)CC(Sc2ccc(NC(=O)c3cccc4cccc(C(=O)O)c34)cc2)C1=O. The number of thioether (sulfide) groups is 1. The number of rotatable bonds is 5. The Morgan fingerprint density at radius 2 is 1.65 bits per heavy atom. The summed E-state index contributed by atoms with van der Waals surface area (Å²) >= 11 is 1.31. The molecule has 31 heavy (non-hydrogen) atoms. The van der Waals surface area contributed by atoms with Crippen LogP contribution in [-0.2, 0) is 9.59 Å². The molecular weight excluding hydrogens is 416 g/mol. The Balaban J connectivity index is 1.53. The molecule has 8 heteroatoms. The smallest absolute Gasteiger partial charge is 0.336 e. The van der Waals surface area contributed by atoms with Crippen LogP contribution in [0.3, 0.4) is 0 Å². The molecule has 0 aromatic heterocycles. The van der Waals surface area contributed by atoms with Gasteiger partial charge in [0.05, 0.1) is 10.8 Å². The number of benzene rings is 3. The van der Waals surface area contributed by atoms with E-state index in [2.05, 4.69) is 5.32 Å². The van der Waals surface area contributed by atoms with Crippen LogP contribution in [0.15, 0.2) is 65.6 Å². The number of carbonyl (C=O) groups excluding carboxylic acids is 3. The summed E-state index contributed by atoms with van der Waals surface area (Å²) in [5, 5.41) is 12.9. The molecule has 0 aliphatic carbocycles. The highest BCUT2D eigenvalue weighted by molar-refractivity contribution is 8.00. The molecule has 4 rings (SSSR count). The molecular formula is C23H18N2O5S. The fourth-order valence-electron chi connectivity index (χ4n) is 3.50. The van der Waals surface area contributed by atoms with E-state index in [0.717, 1.165) is 9.80 Å². The zero-order valence-corrected chi connectivity index (χ0v) is 17.3. The molecule has 0 bridgehead atoms. The second-order valence-electron chi connectivity index (χ2n) is 7.09. The molecule has 1 heterocycles. The fourth-order valence-corrected chi connectivity index (χ4v) is 4.61. The summed E-state index contributed by atoms with van der Waals surface area (Å²) in [5.74, 6) is -1.92. The molecule has 3 aromatic rings. The summed E-state index contributed by atoms with van der Waals surface area (Å²) in [6.07, 6.45) is 0.172. The van der Waals surface area contributed by atoms with Gasteiger partial charge in [-0.1, -0.05) is 24.3 Å². The van der Waals surface area contributed by atoms with E-state index < -0.39 is 17.1 Å². The Hall–Kier alpha value is -3.65. The lowest BCUT2D eigenvalue weighted by Gasteiger charge is -2.11. The first kappa shape index (κ1) is 20.6. The quantitative estimate of drug-likeness (QED) is 0.594. The summed E-state index contributed by atoms with van der Waals surface area (Å²) in [5.41, 5.74) is 0.868. The third-order valence-corrected chi connectivity index (χ3v) is 6.31. The van der Waals surface area contributed by atoms with E-state index in [4.69, 9.17) is 0 Å². The monoisotopic (exact) mass is 434 g/mol. The third-order valence-electron chi connectivity index (χ3n) is 5.11. The van der Waals surface area contributed by atoms with Crippen LogP contribution in [0.1, 0.15) is 27.1 Å². The van der Waals surface area contributed by atoms with E-state index in [-0.39, 0.29) is 29.4 Å². The highest BCUT2D eigenvalue weighted by atomic mass is 32.2. The molecule has 156 valence electrons. The van der Waals surface area contributed by atoms with Crippen LogP contribution in [-0.4, -0.2) is 46.0 Å². The highest BCUT2D eigenvalue weighted by Crippen LogP contribution is 2.31. The first-order chi connectivity index (χ1) is 14.8. The lowest BCUT2D eigenvalue weighted by Crippen LogP contribution is -2.26. The van der Waals surface area contributed by atoms with E-state index >= 15 is 0 Å². The van der Waals surface area contributed by atoms with Gasteiger partial charge < -0.3 is 10.4 Å². The zero-order valence-electron chi connectivity index (χ0n) is 16.5. The molecule has 3 amide bonds. The van der Waals surface area contributed by atoms with Crippen molar-refractivity contribution in [1.29, 1.82) is 0 Å². The molecule has 1 aliphatic heterocycles. The number of likely N-dealkylation sites (tertiary alicyclic amines) is 1. The normalized spacial score (nSPS) is 16.0. The van der Waals surface area contributed by atoms with Crippen LogP contribution in [0, 0.1) is 0 Å². The van der Waals surface area contributed by atoms with Crippen LogP contribution in [0.25, 0.3) is 10.8 Å². The van der Waals surface area contributed by atoms with Gasteiger partial charge in [-0.2, -0.15) is 0 Å². The second-order valence-corrected chi connectivity index (χ2v) is 8.37. The van der Waals surface area contributed by atoms with Crippen molar-refractivity contribution in [2.75, 3.05) is 12.4 Å². The number of carboxylic acid groups (broad SMARTS) is 1. The van der Waals surface area contributed by atoms with Crippen molar-refractivity contribution < 1.29 is 24.3 Å². The number of nitrogens with one attached hydrogen (secondary N) is 1. The van der Waals surface area contributed by atoms with Crippen molar-refractivity contribution in [3.8, 4) is 0 Å². The van der Waals surface area contributed by atoms with Crippen LogP contribution in [0.5, 0.6) is 0 Å². The van der Waals surface area contributed by atoms with Gasteiger partial charge in [-0.25, -0.2) is 4.79 Å². The molecule has 2 N–H and O–H groups in total. The molecule has 0 radical (unpaired) electrons. The number of amides is 3. The van der Waals surface area contributed by atoms with Crippen LogP contribution >= 0.6 is 11.8 Å². The van der Waals surface area contributed by atoms with Gasteiger partial charge in [-0.3, -0.25) is 19.3 Å². The van der Waals surface area contributed by atoms with Gasteiger partial charge in [-0.15, -0.1) is 11.8 Å². The maximum Gasteiger partial charge on any atom is 0.336 e. The van der Waals surface area contributed by atoms with E-state index in [9.17, 15) is 24.3 Å². The number of anilines is 1. The third kappa shape index (κ3) is 4.02. The van der Waals surface area contributed by atoms with Crippen molar-refractivity contribution in [1.82, 2.24) is 4.90 Å². The zero-order chi connectivity index (χ0) is 22.1. The molecule has 1 saturated heterocycles. The van der Waals surface area contributed by atoms with Gasteiger partial charge in [0.1, 0.15) is 0 Å². The molecule has 3 aromatic carbocycles. The number of carbonyl (C=O) groups is 4. The number of hydrogen-bond donors (Lipinski definition) is 2. The van der Waals surface area contributed by atoms with Crippen molar-refractivity contribution >= 4 is 51.9 Å². The summed E-state index contributed by atoms with van der Waals surface area (Å²) in [6.45, 7) is 0. The number of hydrogen-bond acceptors (Lipinski definition) is 5. The first-order valence-electron chi connectivity index (χ1n) is 9.48. The molecule has 7 nitrogen and oxygen atoms in total. The first-order valence-corrected chi connectivity index (χ1v) is 10.4. The largest absolute Gasteiger partial charge is 0.478 e. The molecule has 1 aliphatic rings. The summed E-state index contributed by atoms with van der Waals surface area (Å²) < 4.78 is 0. The minimum Gasteiger partial charge on any atom is -0.478 e. The van der Waals surface area contributed by atoms with Crippen LogP contribution < -0.4 is 5.32 Å². The molecule has 1 fully saturated rings. The fraction of sp³-hybridized carbons (Fsp3) is 0.130. The lowest BCUT2D eigenvalue weighted by molar-refractivity contribution is -0.136. The molecule has 0 spiro atoms. The maximum absolute atomic E-state index is 12.9. The average molecular weight is 434 g/mol. The predicted molar refractivity (Wildman–Crippen MR) is 117 cm³/mol. The Labute approximate surface area is 182 Å². The van der Waals surface area contributed by atoms with Gasteiger partial charge in [-0.05, 0) is 41.8 Å². The minimum atomic E-state index is -1.10. The lowest BCUT2D eigenvalue weighted by atomic mass is 9.98. The van der Waals surface area contributed by atoms with Crippen LogP contribution in [0.4, 0.5) is 5.69 Å². The maximum atomic E-state index is 12.9. The molecule has 0 saturated carbocycles. The number of imide groups is 1. The second kappa shape index (κ2) is 8.23. The van der Waals surface area contributed by atoms with Gasteiger partial charge in [0.25, 0.3) is 5.91 Å². The summed E-state index contributed by atoms with van der Waals surface area (Å²) in [6, 6.07) is 16.9. The number of aromatic carboxylic acids is 1. The number of fused-ring (bicyclic) bond motifs is 1. The Morgan fingerprint density at radius 3 is 2.23 bits per heavy atom. The van der Waals surface area contributed by atoms with Gasteiger partial charge in [0, 0.05) is 35.0 Å². The predicted octanol–water partition coefficient (Wildman–Crippen LogP) is 3.64. The number of carboxylic acids is 1. The standard InChI is InChI=1S/C23H18N2O5S/c1-25-19(26)12-18(22(25)28)31-15-10-8-14(9-11-15)24-21(27)16-6-2-4-13-5-3-7-17(20(13)16)23(29)30/h2-11,18H,12H2,1H3,(H,24,27)(H,29,30). The molecule has 1 atom stereocenters.